The number of hydrogen-bond donors (Lipinski definition) is 2. The maximum Gasteiger partial charge on any atom is 0.295 e. The predicted molar refractivity (Wildman–Crippen MR) is 131 cm³/mol. The molecule has 3 aromatic rings. The Morgan fingerprint density at radius 3 is 2.66 bits per heavy atom. The quantitative estimate of drug-likeness (QED) is 0.298. The lowest BCUT2D eigenvalue weighted by Gasteiger charge is -2.26. The van der Waals surface area contributed by atoms with Gasteiger partial charge in [-0.05, 0) is 19.1 Å². The molecule has 8 nitrogen and oxygen atoms in total. The number of thiazole rings is 1. The predicted octanol–water partition coefficient (Wildman–Crippen LogP) is 2.44. The van der Waals surface area contributed by atoms with E-state index in [1.165, 1.54) is 27.4 Å². The molecule has 1 aromatic carbocycles. The SMILES string of the molecule is Cc1sc(-c2ccccc2)nc1C(O)=C1C(=O)C(=O)N(CCC[NH+]2CCOCC2)C1c1ccco1. The van der Waals surface area contributed by atoms with Crippen molar-refractivity contribution in [3.63, 3.8) is 0 Å². The zero-order valence-electron chi connectivity index (χ0n) is 19.5. The number of ketones is 1. The standard InChI is InChI=1S/C26H27N3O5S/c1-17-21(27-25(35-17)18-7-3-2-4-8-18)23(30)20-22(19-9-5-14-34-19)29(26(32)24(20)31)11-6-10-28-12-15-33-16-13-28/h2-5,7-9,14,22,30H,6,10-13,15-16H2,1H3/p+1. The van der Waals surface area contributed by atoms with Crippen molar-refractivity contribution in [3.8, 4) is 10.6 Å². The van der Waals surface area contributed by atoms with E-state index in [1.807, 2.05) is 37.3 Å². The Morgan fingerprint density at radius 1 is 1.17 bits per heavy atom. The van der Waals surface area contributed by atoms with Crippen molar-refractivity contribution in [2.75, 3.05) is 39.4 Å². The molecule has 182 valence electrons. The highest BCUT2D eigenvalue weighted by Gasteiger charge is 2.47. The molecule has 1 unspecified atom stereocenters. The van der Waals surface area contributed by atoms with Crippen LogP contribution in [-0.2, 0) is 14.3 Å². The number of morpholine rings is 1. The molecule has 2 aromatic heterocycles. The molecule has 5 rings (SSSR count). The van der Waals surface area contributed by atoms with Crippen molar-refractivity contribution >= 4 is 28.8 Å². The van der Waals surface area contributed by atoms with E-state index in [2.05, 4.69) is 4.98 Å². The molecule has 0 saturated carbocycles. The highest BCUT2D eigenvalue weighted by molar-refractivity contribution is 7.15. The van der Waals surface area contributed by atoms with E-state index in [4.69, 9.17) is 9.15 Å². The maximum absolute atomic E-state index is 13.2. The number of amides is 1. The summed E-state index contributed by atoms with van der Waals surface area (Å²) >= 11 is 1.43. The van der Waals surface area contributed by atoms with Crippen molar-refractivity contribution < 1.29 is 28.7 Å². The minimum atomic E-state index is -0.786. The molecule has 0 bridgehead atoms. The third-order valence-corrected chi connectivity index (χ3v) is 7.54. The third-order valence-electron chi connectivity index (χ3n) is 6.52. The summed E-state index contributed by atoms with van der Waals surface area (Å²) in [5, 5.41) is 12.1. The minimum absolute atomic E-state index is 0.0247. The number of Topliss-reactive ketones (excluding diaryl/α,β-unsaturated/α-hetero) is 1. The van der Waals surface area contributed by atoms with Gasteiger partial charge in [-0.2, -0.15) is 0 Å². The molecule has 35 heavy (non-hydrogen) atoms. The van der Waals surface area contributed by atoms with Gasteiger partial charge in [0.2, 0.25) is 0 Å². The number of ether oxygens (including phenoxy) is 1. The normalized spacial score (nSPS) is 20.6. The van der Waals surface area contributed by atoms with Gasteiger partial charge in [-0.25, -0.2) is 4.98 Å². The Hall–Kier alpha value is -3.27. The number of nitrogens with zero attached hydrogens (tertiary/aromatic N) is 2. The molecular weight excluding hydrogens is 466 g/mol. The van der Waals surface area contributed by atoms with E-state index in [0.29, 0.717) is 18.0 Å². The molecule has 1 amide bonds. The van der Waals surface area contributed by atoms with E-state index in [1.54, 1.807) is 12.1 Å². The third kappa shape index (κ3) is 4.67. The average molecular weight is 495 g/mol. The van der Waals surface area contributed by atoms with Crippen LogP contribution in [0.1, 0.15) is 28.8 Å². The molecule has 2 aliphatic heterocycles. The van der Waals surface area contributed by atoms with Crippen molar-refractivity contribution in [3.05, 3.63) is 70.6 Å². The van der Waals surface area contributed by atoms with Gasteiger partial charge >= 0.3 is 0 Å². The summed E-state index contributed by atoms with van der Waals surface area (Å²) in [5.41, 5.74) is 1.27. The number of aliphatic hydroxyl groups excluding tert-OH is 1. The van der Waals surface area contributed by atoms with Gasteiger partial charge in [-0.15, -0.1) is 11.3 Å². The fraction of sp³-hybridized carbons (Fsp3) is 0.346. The first-order chi connectivity index (χ1) is 17.0. The highest BCUT2D eigenvalue weighted by Crippen LogP contribution is 2.41. The van der Waals surface area contributed by atoms with E-state index in [9.17, 15) is 14.7 Å². The number of quaternary nitrogens is 1. The lowest BCUT2D eigenvalue weighted by molar-refractivity contribution is -0.908. The largest absolute Gasteiger partial charge is 0.505 e. The first-order valence-corrected chi connectivity index (χ1v) is 12.6. The summed E-state index contributed by atoms with van der Waals surface area (Å²) in [6.07, 6.45) is 2.24. The summed E-state index contributed by atoms with van der Waals surface area (Å²) in [6, 6.07) is 12.3. The number of carbonyl (C=O) groups excluding carboxylic acids is 2. The van der Waals surface area contributed by atoms with E-state index < -0.39 is 17.7 Å². The Bertz CT molecular complexity index is 1230. The second-order valence-corrected chi connectivity index (χ2v) is 9.97. The van der Waals surface area contributed by atoms with Gasteiger partial charge in [0.05, 0.1) is 31.6 Å². The van der Waals surface area contributed by atoms with Gasteiger partial charge in [0.15, 0.2) is 5.76 Å². The van der Waals surface area contributed by atoms with Gasteiger partial charge in [-0.3, -0.25) is 9.59 Å². The van der Waals surface area contributed by atoms with Gasteiger partial charge in [0.1, 0.15) is 35.6 Å². The summed E-state index contributed by atoms with van der Waals surface area (Å²) in [7, 11) is 0. The van der Waals surface area contributed by atoms with E-state index in [-0.39, 0.29) is 11.3 Å². The lowest BCUT2D eigenvalue weighted by atomic mass is 10.0. The first-order valence-electron chi connectivity index (χ1n) is 11.8. The van der Waals surface area contributed by atoms with Crippen LogP contribution in [-0.4, -0.2) is 66.1 Å². The number of hydrogen-bond acceptors (Lipinski definition) is 7. The number of aliphatic hydroxyl groups is 1. The monoisotopic (exact) mass is 494 g/mol. The van der Waals surface area contributed by atoms with E-state index >= 15 is 0 Å². The first kappa shape index (κ1) is 23.5. The van der Waals surface area contributed by atoms with Crippen LogP contribution in [0.25, 0.3) is 16.3 Å². The smallest absolute Gasteiger partial charge is 0.295 e. The molecule has 2 aliphatic rings. The molecule has 2 saturated heterocycles. The molecular formula is C26H28N3O5S+. The average Bonchev–Trinajstić information content (AvgIpc) is 3.60. The van der Waals surface area contributed by atoms with Crippen molar-refractivity contribution in [2.24, 2.45) is 0 Å². The topological polar surface area (TPSA) is 97.3 Å². The molecule has 9 heteroatoms. The van der Waals surface area contributed by atoms with Crippen LogP contribution in [0, 0.1) is 6.92 Å². The zero-order chi connectivity index (χ0) is 24.4. The van der Waals surface area contributed by atoms with Gasteiger partial charge in [0.25, 0.3) is 11.7 Å². The van der Waals surface area contributed by atoms with E-state index in [0.717, 1.165) is 54.7 Å². The summed E-state index contributed by atoms with van der Waals surface area (Å²) < 4.78 is 11.0. The lowest BCUT2D eigenvalue weighted by Crippen LogP contribution is -3.14. The number of rotatable bonds is 7. The summed E-state index contributed by atoms with van der Waals surface area (Å²) in [4.78, 5) is 34.6. The minimum Gasteiger partial charge on any atom is -0.505 e. The van der Waals surface area contributed by atoms with Crippen molar-refractivity contribution in [2.45, 2.75) is 19.4 Å². The van der Waals surface area contributed by atoms with Crippen LogP contribution in [0.3, 0.4) is 0 Å². The number of nitrogens with one attached hydrogen (secondary N) is 1. The molecule has 4 heterocycles. The molecule has 0 spiro atoms. The second kappa shape index (κ2) is 10.2. The van der Waals surface area contributed by atoms with Crippen LogP contribution >= 0.6 is 11.3 Å². The molecule has 0 radical (unpaired) electrons. The number of furan rings is 1. The van der Waals surface area contributed by atoms with Crippen molar-refractivity contribution in [1.29, 1.82) is 0 Å². The van der Waals surface area contributed by atoms with Gasteiger partial charge < -0.3 is 24.1 Å². The number of likely N-dealkylation sites (tertiary alicyclic amines) is 1. The highest BCUT2D eigenvalue weighted by atomic mass is 32.1. The fourth-order valence-corrected chi connectivity index (χ4v) is 5.63. The fourth-order valence-electron chi connectivity index (χ4n) is 4.71. The van der Waals surface area contributed by atoms with Crippen LogP contribution in [0.2, 0.25) is 0 Å². The molecule has 1 atom stereocenters. The van der Waals surface area contributed by atoms with Crippen molar-refractivity contribution in [1.82, 2.24) is 9.88 Å². The van der Waals surface area contributed by atoms with Crippen LogP contribution in [0.5, 0.6) is 0 Å². The van der Waals surface area contributed by atoms with Gasteiger partial charge in [0, 0.05) is 23.4 Å². The zero-order valence-corrected chi connectivity index (χ0v) is 20.3. The molecule has 2 fully saturated rings. The summed E-state index contributed by atoms with van der Waals surface area (Å²) in [6.45, 7) is 6.47. The Kier molecular flexibility index (Phi) is 6.81. The van der Waals surface area contributed by atoms with Gasteiger partial charge in [-0.1, -0.05) is 30.3 Å². The second-order valence-electron chi connectivity index (χ2n) is 8.76. The Morgan fingerprint density at radius 2 is 1.94 bits per heavy atom. The number of benzene rings is 1. The number of aromatic nitrogens is 1. The number of carbonyl (C=O) groups is 2. The molecule has 0 aliphatic carbocycles. The molecule has 2 N–H and O–H groups in total. The van der Waals surface area contributed by atoms with Crippen LogP contribution < -0.4 is 4.90 Å². The van der Waals surface area contributed by atoms with Crippen LogP contribution in [0.4, 0.5) is 0 Å². The Labute approximate surface area is 207 Å². The maximum atomic E-state index is 13.2. The number of aryl methyl sites for hydroxylation is 1. The summed E-state index contributed by atoms with van der Waals surface area (Å²) in [5.74, 6) is -1.15. The van der Waals surface area contributed by atoms with Crippen LogP contribution in [0.15, 0.2) is 58.7 Å². The Balaban J connectivity index is 1.47.